The summed E-state index contributed by atoms with van der Waals surface area (Å²) in [6, 6.07) is 16.1. The molecule has 0 unspecified atom stereocenters. The van der Waals surface area contributed by atoms with E-state index < -0.39 is 0 Å². The number of benzene rings is 2. The van der Waals surface area contributed by atoms with E-state index in [2.05, 4.69) is 43.4 Å². The number of carbonyl (C=O) groups excluding carboxylic acids is 2. The van der Waals surface area contributed by atoms with Crippen LogP contribution in [-0.4, -0.2) is 42.1 Å². The zero-order valence-corrected chi connectivity index (χ0v) is 18.1. The minimum atomic E-state index is -0.0828. The van der Waals surface area contributed by atoms with Crippen molar-refractivity contribution in [3.8, 4) is 0 Å². The third-order valence-corrected chi connectivity index (χ3v) is 6.35. The molecular formula is C24H30N2O2S. The van der Waals surface area contributed by atoms with Crippen molar-refractivity contribution < 1.29 is 9.59 Å². The Kier molecular flexibility index (Phi) is 7.76. The van der Waals surface area contributed by atoms with Gasteiger partial charge in [-0.3, -0.25) is 9.59 Å². The first-order chi connectivity index (χ1) is 14.0. The molecule has 0 radical (unpaired) electrons. The number of hydrogen-bond acceptors (Lipinski definition) is 3. The van der Waals surface area contributed by atoms with E-state index in [4.69, 9.17) is 0 Å². The van der Waals surface area contributed by atoms with Gasteiger partial charge in [0.2, 0.25) is 5.91 Å². The molecule has 1 N–H and O–H groups in total. The molecule has 29 heavy (non-hydrogen) atoms. The van der Waals surface area contributed by atoms with Gasteiger partial charge in [0.05, 0.1) is 11.3 Å². The lowest BCUT2D eigenvalue weighted by molar-refractivity contribution is -0.127. The van der Waals surface area contributed by atoms with Crippen LogP contribution in [0.5, 0.6) is 0 Å². The van der Waals surface area contributed by atoms with Gasteiger partial charge in [0, 0.05) is 24.5 Å². The monoisotopic (exact) mass is 410 g/mol. The van der Waals surface area contributed by atoms with Crippen molar-refractivity contribution >= 4 is 23.6 Å². The van der Waals surface area contributed by atoms with Crippen molar-refractivity contribution in [1.82, 2.24) is 10.2 Å². The normalized spacial score (nSPS) is 13.7. The SMILES string of the molecule is CC(C)c1ccc(CCNC(=O)c2ccccc2SCC(=O)N2CCCC2)cc1. The van der Waals surface area contributed by atoms with Gasteiger partial charge in [-0.1, -0.05) is 50.2 Å². The molecule has 1 fully saturated rings. The number of nitrogens with one attached hydrogen (secondary N) is 1. The number of hydrogen-bond donors (Lipinski definition) is 1. The Labute approximate surface area is 178 Å². The average Bonchev–Trinajstić information content (AvgIpc) is 3.27. The van der Waals surface area contributed by atoms with E-state index >= 15 is 0 Å². The third-order valence-electron chi connectivity index (χ3n) is 5.29. The van der Waals surface area contributed by atoms with Gasteiger partial charge in [-0.2, -0.15) is 0 Å². The van der Waals surface area contributed by atoms with Gasteiger partial charge in [-0.15, -0.1) is 11.8 Å². The van der Waals surface area contributed by atoms with E-state index in [-0.39, 0.29) is 11.8 Å². The topological polar surface area (TPSA) is 49.4 Å². The summed E-state index contributed by atoms with van der Waals surface area (Å²) < 4.78 is 0. The van der Waals surface area contributed by atoms with Crippen LogP contribution in [0.2, 0.25) is 0 Å². The number of amides is 2. The molecular weight excluding hydrogens is 380 g/mol. The van der Waals surface area contributed by atoms with Crippen molar-refractivity contribution in [1.29, 1.82) is 0 Å². The van der Waals surface area contributed by atoms with Crippen LogP contribution < -0.4 is 5.32 Å². The van der Waals surface area contributed by atoms with Crippen LogP contribution in [0.3, 0.4) is 0 Å². The Morgan fingerprint density at radius 1 is 1.03 bits per heavy atom. The standard InChI is InChI=1S/C24H30N2O2S/c1-18(2)20-11-9-19(10-12-20)13-14-25-24(28)21-7-3-4-8-22(21)29-17-23(27)26-15-5-6-16-26/h3-4,7-12,18H,5-6,13-17H2,1-2H3,(H,25,28). The van der Waals surface area contributed by atoms with Gasteiger partial charge < -0.3 is 10.2 Å². The highest BCUT2D eigenvalue weighted by molar-refractivity contribution is 8.00. The van der Waals surface area contributed by atoms with E-state index in [0.717, 1.165) is 37.2 Å². The van der Waals surface area contributed by atoms with Gasteiger partial charge in [-0.05, 0) is 48.4 Å². The summed E-state index contributed by atoms with van der Waals surface area (Å²) in [5.74, 6) is 0.982. The summed E-state index contributed by atoms with van der Waals surface area (Å²) in [5.41, 5.74) is 3.18. The van der Waals surface area contributed by atoms with Crippen LogP contribution in [-0.2, 0) is 11.2 Å². The molecule has 0 saturated carbocycles. The van der Waals surface area contributed by atoms with Crippen LogP contribution in [0.25, 0.3) is 0 Å². The number of rotatable bonds is 8. The molecule has 0 aromatic heterocycles. The lowest BCUT2D eigenvalue weighted by atomic mass is 10.0. The highest BCUT2D eigenvalue weighted by atomic mass is 32.2. The largest absolute Gasteiger partial charge is 0.352 e. The number of likely N-dealkylation sites (tertiary alicyclic amines) is 1. The summed E-state index contributed by atoms with van der Waals surface area (Å²) in [5, 5.41) is 3.02. The lowest BCUT2D eigenvalue weighted by Gasteiger charge is -2.15. The third kappa shape index (κ3) is 6.10. The minimum Gasteiger partial charge on any atom is -0.352 e. The van der Waals surface area contributed by atoms with Gasteiger partial charge >= 0.3 is 0 Å². The van der Waals surface area contributed by atoms with E-state index in [1.54, 1.807) is 0 Å². The molecule has 2 aromatic rings. The predicted molar refractivity (Wildman–Crippen MR) is 120 cm³/mol. The van der Waals surface area contributed by atoms with E-state index in [9.17, 15) is 9.59 Å². The molecule has 5 heteroatoms. The van der Waals surface area contributed by atoms with Crippen LogP contribution in [0, 0.1) is 0 Å². The summed E-state index contributed by atoms with van der Waals surface area (Å²) in [7, 11) is 0. The van der Waals surface area contributed by atoms with Gasteiger partial charge in [0.15, 0.2) is 0 Å². The van der Waals surface area contributed by atoms with Crippen LogP contribution in [0.15, 0.2) is 53.4 Å². The van der Waals surface area contributed by atoms with E-state index in [1.807, 2.05) is 29.2 Å². The Balaban J connectivity index is 1.51. The van der Waals surface area contributed by atoms with E-state index in [1.165, 1.54) is 22.9 Å². The molecule has 2 aromatic carbocycles. The van der Waals surface area contributed by atoms with Crippen molar-refractivity contribution in [2.75, 3.05) is 25.4 Å². The summed E-state index contributed by atoms with van der Waals surface area (Å²) >= 11 is 1.45. The van der Waals surface area contributed by atoms with Crippen LogP contribution in [0.4, 0.5) is 0 Å². The summed E-state index contributed by atoms with van der Waals surface area (Å²) in [4.78, 5) is 27.8. The number of nitrogens with zero attached hydrogens (tertiary/aromatic N) is 1. The van der Waals surface area contributed by atoms with Crippen molar-refractivity contribution in [2.45, 2.75) is 43.9 Å². The predicted octanol–water partition coefficient (Wildman–Crippen LogP) is 4.50. The molecule has 1 aliphatic rings. The Morgan fingerprint density at radius 2 is 1.72 bits per heavy atom. The fourth-order valence-corrected chi connectivity index (χ4v) is 4.41. The van der Waals surface area contributed by atoms with Gasteiger partial charge in [-0.25, -0.2) is 0 Å². The second kappa shape index (κ2) is 10.5. The molecule has 1 heterocycles. The summed E-state index contributed by atoms with van der Waals surface area (Å²) in [6.45, 7) is 6.68. The fraction of sp³-hybridized carbons (Fsp3) is 0.417. The maximum Gasteiger partial charge on any atom is 0.252 e. The Hall–Kier alpha value is -2.27. The molecule has 0 aliphatic carbocycles. The van der Waals surface area contributed by atoms with Crippen LogP contribution in [0.1, 0.15) is 54.1 Å². The molecule has 1 aliphatic heterocycles. The molecule has 4 nitrogen and oxygen atoms in total. The maximum absolute atomic E-state index is 12.7. The van der Waals surface area contributed by atoms with Gasteiger partial charge in [0.25, 0.3) is 5.91 Å². The molecule has 2 amide bonds. The fourth-order valence-electron chi connectivity index (χ4n) is 3.46. The van der Waals surface area contributed by atoms with Crippen molar-refractivity contribution in [2.24, 2.45) is 0 Å². The van der Waals surface area contributed by atoms with Gasteiger partial charge in [0.1, 0.15) is 0 Å². The lowest BCUT2D eigenvalue weighted by Crippen LogP contribution is -2.29. The van der Waals surface area contributed by atoms with Crippen molar-refractivity contribution in [3.05, 3.63) is 65.2 Å². The first-order valence-corrected chi connectivity index (χ1v) is 11.4. The Morgan fingerprint density at radius 3 is 2.41 bits per heavy atom. The number of carbonyl (C=O) groups is 2. The second-order valence-corrected chi connectivity index (χ2v) is 8.79. The van der Waals surface area contributed by atoms with E-state index in [0.29, 0.717) is 23.8 Å². The zero-order valence-electron chi connectivity index (χ0n) is 17.3. The molecule has 0 spiro atoms. The Bertz CT molecular complexity index is 827. The first-order valence-electron chi connectivity index (χ1n) is 10.4. The minimum absolute atomic E-state index is 0.0828. The molecule has 0 atom stereocenters. The smallest absolute Gasteiger partial charge is 0.252 e. The average molecular weight is 411 g/mol. The highest BCUT2D eigenvalue weighted by Gasteiger charge is 2.19. The van der Waals surface area contributed by atoms with Crippen LogP contribution >= 0.6 is 11.8 Å². The second-order valence-electron chi connectivity index (χ2n) is 7.77. The van der Waals surface area contributed by atoms with Crippen molar-refractivity contribution in [3.63, 3.8) is 0 Å². The first kappa shape index (κ1) is 21.4. The maximum atomic E-state index is 12.7. The summed E-state index contributed by atoms with van der Waals surface area (Å²) in [6.07, 6.45) is 2.98. The molecule has 0 bridgehead atoms. The quantitative estimate of drug-likeness (QED) is 0.652. The molecule has 3 rings (SSSR count). The zero-order chi connectivity index (χ0) is 20.6. The molecule has 1 saturated heterocycles. The number of thioether (sulfide) groups is 1. The highest BCUT2D eigenvalue weighted by Crippen LogP contribution is 2.24. The molecule has 154 valence electrons.